The average Bonchev–Trinajstić information content (AvgIpc) is 3.22. The van der Waals surface area contributed by atoms with Crippen molar-refractivity contribution >= 4 is 52.2 Å². The van der Waals surface area contributed by atoms with Crippen molar-refractivity contribution in [1.29, 1.82) is 0 Å². The number of carbonyl (C=O) groups is 1. The lowest BCUT2D eigenvalue weighted by atomic mass is 10.3. The van der Waals surface area contributed by atoms with Crippen molar-refractivity contribution in [2.24, 2.45) is 0 Å². The molecule has 1 amide bonds. The van der Waals surface area contributed by atoms with Crippen molar-refractivity contribution in [2.45, 2.75) is 11.7 Å². The lowest BCUT2D eigenvalue weighted by Gasteiger charge is -2.12. The molecule has 6 nitrogen and oxygen atoms in total. The molecule has 4 rings (SSSR count). The number of thioether (sulfide) groups is 1. The van der Waals surface area contributed by atoms with Gasteiger partial charge in [0, 0.05) is 16.4 Å². The summed E-state index contributed by atoms with van der Waals surface area (Å²) in [5, 5.41) is 16.6. The van der Waals surface area contributed by atoms with Crippen molar-refractivity contribution in [3.63, 3.8) is 0 Å². The van der Waals surface area contributed by atoms with Gasteiger partial charge in [-0.25, -0.2) is 0 Å². The van der Waals surface area contributed by atoms with Crippen LogP contribution in [0.4, 0.5) is 11.4 Å². The van der Waals surface area contributed by atoms with Crippen LogP contribution in [0.3, 0.4) is 0 Å². The maximum absolute atomic E-state index is 12.5. The highest BCUT2D eigenvalue weighted by atomic mass is 35.5. The minimum Gasteiger partial charge on any atom is -0.378 e. The van der Waals surface area contributed by atoms with Crippen LogP contribution in [0.25, 0.3) is 5.69 Å². The van der Waals surface area contributed by atoms with Crippen LogP contribution in [0.1, 0.15) is 5.82 Å². The first-order valence-electron chi connectivity index (χ1n) is 9.76. The van der Waals surface area contributed by atoms with Gasteiger partial charge in [-0.15, -0.1) is 10.2 Å². The molecule has 0 radical (unpaired) electrons. The standard InChI is InChI=1S/C23H19Cl2N5OS/c24-16-10-12-17(13-11-16)26-14-21-28-29-23(30(21)18-6-2-1-3-7-18)32-15-22(31)27-20-9-5-4-8-19(20)25/h1-13,26H,14-15H2,(H,27,31). The zero-order valence-electron chi connectivity index (χ0n) is 16.8. The van der Waals surface area contributed by atoms with E-state index in [1.54, 1.807) is 12.1 Å². The number of rotatable bonds is 8. The molecule has 0 unspecified atom stereocenters. The van der Waals surface area contributed by atoms with E-state index >= 15 is 0 Å². The molecule has 4 aromatic rings. The number of aromatic nitrogens is 3. The number of anilines is 2. The molecule has 3 aromatic carbocycles. The SMILES string of the molecule is O=C(CSc1nnc(CNc2ccc(Cl)cc2)n1-c1ccccc1)Nc1ccccc1Cl. The molecule has 9 heteroatoms. The van der Waals surface area contributed by atoms with Crippen LogP contribution >= 0.6 is 35.0 Å². The first-order valence-corrected chi connectivity index (χ1v) is 11.5. The lowest BCUT2D eigenvalue weighted by molar-refractivity contribution is -0.113. The quantitative estimate of drug-likeness (QED) is 0.304. The molecule has 1 aromatic heterocycles. The largest absolute Gasteiger partial charge is 0.378 e. The molecule has 0 aliphatic rings. The highest BCUT2D eigenvalue weighted by Crippen LogP contribution is 2.25. The predicted molar refractivity (Wildman–Crippen MR) is 131 cm³/mol. The number of hydrogen-bond donors (Lipinski definition) is 2. The Morgan fingerprint density at radius 2 is 1.62 bits per heavy atom. The van der Waals surface area contributed by atoms with Crippen molar-refractivity contribution in [1.82, 2.24) is 14.8 Å². The molecule has 0 aliphatic carbocycles. The lowest BCUT2D eigenvalue weighted by Crippen LogP contribution is -2.15. The third kappa shape index (κ3) is 5.62. The summed E-state index contributed by atoms with van der Waals surface area (Å²) in [7, 11) is 0. The Morgan fingerprint density at radius 1 is 0.906 bits per heavy atom. The highest BCUT2D eigenvalue weighted by Gasteiger charge is 2.16. The zero-order chi connectivity index (χ0) is 22.3. The van der Waals surface area contributed by atoms with Gasteiger partial charge in [-0.3, -0.25) is 9.36 Å². The Morgan fingerprint density at radius 3 is 2.38 bits per heavy atom. The normalized spacial score (nSPS) is 10.7. The number of halogens is 2. The van der Waals surface area contributed by atoms with Gasteiger partial charge in [0.1, 0.15) is 0 Å². The van der Waals surface area contributed by atoms with Gasteiger partial charge in [0.05, 0.1) is 23.0 Å². The molecule has 0 saturated carbocycles. The summed E-state index contributed by atoms with van der Waals surface area (Å²) >= 11 is 13.4. The minimum atomic E-state index is -0.174. The van der Waals surface area contributed by atoms with Crippen molar-refractivity contribution in [3.8, 4) is 5.69 Å². The van der Waals surface area contributed by atoms with Crippen LogP contribution < -0.4 is 10.6 Å². The van der Waals surface area contributed by atoms with Crippen LogP contribution in [-0.4, -0.2) is 26.4 Å². The molecule has 32 heavy (non-hydrogen) atoms. The summed E-state index contributed by atoms with van der Waals surface area (Å²) in [5.74, 6) is 0.715. The van der Waals surface area contributed by atoms with E-state index in [0.29, 0.717) is 27.4 Å². The molecular weight excluding hydrogens is 465 g/mol. The van der Waals surface area contributed by atoms with Gasteiger partial charge in [-0.05, 0) is 48.5 Å². The van der Waals surface area contributed by atoms with Crippen molar-refractivity contribution < 1.29 is 4.79 Å². The number of nitrogens with zero attached hydrogens (tertiary/aromatic N) is 3. The molecule has 0 bridgehead atoms. The maximum Gasteiger partial charge on any atom is 0.234 e. The zero-order valence-corrected chi connectivity index (χ0v) is 19.2. The van der Waals surface area contributed by atoms with Gasteiger partial charge in [0.2, 0.25) is 5.91 Å². The van der Waals surface area contributed by atoms with Crippen molar-refractivity contribution in [2.75, 3.05) is 16.4 Å². The molecule has 0 atom stereocenters. The predicted octanol–water partition coefficient (Wildman–Crippen LogP) is 5.92. The van der Waals surface area contributed by atoms with E-state index < -0.39 is 0 Å². The highest BCUT2D eigenvalue weighted by molar-refractivity contribution is 7.99. The molecule has 0 spiro atoms. The third-order valence-corrected chi connectivity index (χ3v) is 6.00. The Balaban J connectivity index is 1.49. The van der Waals surface area contributed by atoms with E-state index in [0.717, 1.165) is 17.2 Å². The number of carbonyl (C=O) groups excluding carboxylic acids is 1. The van der Waals surface area contributed by atoms with Gasteiger partial charge >= 0.3 is 0 Å². The smallest absolute Gasteiger partial charge is 0.234 e. The maximum atomic E-state index is 12.5. The topological polar surface area (TPSA) is 71.8 Å². The fourth-order valence-corrected chi connectivity index (χ4v) is 4.05. The summed E-state index contributed by atoms with van der Waals surface area (Å²) in [6.45, 7) is 0.454. The summed E-state index contributed by atoms with van der Waals surface area (Å²) in [6.07, 6.45) is 0. The van der Waals surface area contributed by atoms with E-state index in [4.69, 9.17) is 23.2 Å². The summed E-state index contributed by atoms with van der Waals surface area (Å²) < 4.78 is 1.94. The molecule has 1 heterocycles. The van der Waals surface area contributed by atoms with Crippen LogP contribution in [0.2, 0.25) is 10.0 Å². The average molecular weight is 484 g/mol. The van der Waals surface area contributed by atoms with E-state index in [-0.39, 0.29) is 11.7 Å². The second-order valence-electron chi connectivity index (χ2n) is 6.75. The molecular formula is C23H19Cl2N5OS. The molecule has 0 aliphatic heterocycles. The molecule has 2 N–H and O–H groups in total. The number of nitrogens with one attached hydrogen (secondary N) is 2. The summed E-state index contributed by atoms with van der Waals surface area (Å²) in [6, 6.07) is 24.4. The fourth-order valence-electron chi connectivity index (χ4n) is 2.97. The van der Waals surface area contributed by atoms with Gasteiger partial charge in [0.15, 0.2) is 11.0 Å². The Hall–Kier alpha value is -3.00. The first-order chi connectivity index (χ1) is 15.6. The summed E-state index contributed by atoms with van der Waals surface area (Å²) in [4.78, 5) is 12.5. The van der Waals surface area contributed by atoms with Crippen molar-refractivity contribution in [3.05, 3.63) is 94.7 Å². The number of amides is 1. The van der Waals surface area contributed by atoms with E-state index in [1.807, 2.05) is 71.3 Å². The van der Waals surface area contributed by atoms with Gasteiger partial charge in [-0.2, -0.15) is 0 Å². The van der Waals surface area contributed by atoms with E-state index in [2.05, 4.69) is 20.8 Å². The monoisotopic (exact) mass is 483 g/mol. The molecule has 0 saturated heterocycles. The second-order valence-corrected chi connectivity index (χ2v) is 8.53. The first kappa shape index (κ1) is 22.2. The number of benzene rings is 3. The number of hydrogen-bond acceptors (Lipinski definition) is 5. The molecule has 162 valence electrons. The van der Waals surface area contributed by atoms with Crippen LogP contribution in [-0.2, 0) is 11.3 Å². The second kappa shape index (κ2) is 10.5. The van der Waals surface area contributed by atoms with Gasteiger partial charge in [0.25, 0.3) is 0 Å². The van der Waals surface area contributed by atoms with Crippen LogP contribution in [0.15, 0.2) is 84.0 Å². The van der Waals surface area contributed by atoms with Gasteiger partial charge in [-0.1, -0.05) is 65.3 Å². The Labute approximate surface area is 200 Å². The Kier molecular flexibility index (Phi) is 7.32. The minimum absolute atomic E-state index is 0.167. The third-order valence-electron chi connectivity index (χ3n) is 4.49. The van der Waals surface area contributed by atoms with E-state index in [9.17, 15) is 4.79 Å². The molecule has 0 fully saturated rings. The fraction of sp³-hybridized carbons (Fsp3) is 0.0870. The van der Waals surface area contributed by atoms with Gasteiger partial charge < -0.3 is 10.6 Å². The van der Waals surface area contributed by atoms with E-state index in [1.165, 1.54) is 11.8 Å². The number of para-hydroxylation sites is 2. The van der Waals surface area contributed by atoms with Crippen LogP contribution in [0, 0.1) is 0 Å². The Bertz CT molecular complexity index is 1200. The summed E-state index contributed by atoms with van der Waals surface area (Å²) in [5.41, 5.74) is 2.42. The van der Waals surface area contributed by atoms with Crippen LogP contribution in [0.5, 0.6) is 0 Å².